The van der Waals surface area contributed by atoms with Crippen molar-refractivity contribution in [3.63, 3.8) is 0 Å². The van der Waals surface area contributed by atoms with E-state index in [1.54, 1.807) is 6.92 Å². The third-order valence-electron chi connectivity index (χ3n) is 1.96. The fourth-order valence-corrected chi connectivity index (χ4v) is 2.61. The van der Waals surface area contributed by atoms with E-state index in [0.717, 1.165) is 4.31 Å². The largest absolute Gasteiger partial charge is 0.480 e. The van der Waals surface area contributed by atoms with E-state index in [9.17, 15) is 13.2 Å². The lowest BCUT2D eigenvalue weighted by Crippen LogP contribution is -2.41. The molecule has 1 N–H and O–H groups in total. The summed E-state index contributed by atoms with van der Waals surface area (Å²) in [5.74, 6) is -1.13. The summed E-state index contributed by atoms with van der Waals surface area (Å²) in [4.78, 5) is 12.4. The first kappa shape index (κ1) is 15.3. The summed E-state index contributed by atoms with van der Waals surface area (Å²) >= 11 is 0. The average Bonchev–Trinajstić information content (AvgIpc) is 2.11. The average molecular weight is 252 g/mol. The van der Waals surface area contributed by atoms with E-state index >= 15 is 0 Å². The number of aliphatic carboxylic acids is 1. The van der Waals surface area contributed by atoms with Gasteiger partial charge in [0, 0.05) is 13.1 Å². The van der Waals surface area contributed by atoms with E-state index in [4.69, 9.17) is 5.11 Å². The molecule has 0 saturated heterocycles. The minimum atomic E-state index is -3.44. The first-order valence-electron chi connectivity index (χ1n) is 5.14. The smallest absolute Gasteiger partial charge is 0.318 e. The highest BCUT2D eigenvalue weighted by molar-refractivity contribution is 7.89. The molecule has 0 atom stereocenters. The van der Waals surface area contributed by atoms with Crippen LogP contribution in [0, 0.1) is 0 Å². The number of carbonyl (C=O) groups is 1. The van der Waals surface area contributed by atoms with Crippen LogP contribution in [0.2, 0.25) is 0 Å². The first-order valence-corrected chi connectivity index (χ1v) is 6.75. The van der Waals surface area contributed by atoms with Gasteiger partial charge < -0.3 is 10.0 Å². The molecule has 0 spiro atoms. The molecule has 0 aromatic carbocycles. The fraction of sp³-hybridized carbons (Fsp3) is 0.889. The molecular weight excluding hydrogens is 232 g/mol. The topological polar surface area (TPSA) is 77.9 Å². The molecule has 16 heavy (non-hydrogen) atoms. The van der Waals surface area contributed by atoms with Crippen molar-refractivity contribution in [2.24, 2.45) is 0 Å². The summed E-state index contributed by atoms with van der Waals surface area (Å²) < 4.78 is 24.5. The Bertz CT molecular complexity index is 313. The highest BCUT2D eigenvalue weighted by Gasteiger charge is 2.23. The van der Waals surface area contributed by atoms with Crippen LogP contribution in [0.1, 0.15) is 13.3 Å². The maximum Gasteiger partial charge on any atom is 0.318 e. The number of carboxylic acid groups (broad SMARTS) is 1. The fourth-order valence-electron chi connectivity index (χ4n) is 1.17. The molecular formula is C9H20N2O4S. The molecule has 0 rings (SSSR count). The lowest BCUT2D eigenvalue weighted by molar-refractivity contribution is -0.137. The van der Waals surface area contributed by atoms with Gasteiger partial charge >= 0.3 is 5.97 Å². The van der Waals surface area contributed by atoms with Gasteiger partial charge in [-0.05, 0) is 20.5 Å². The van der Waals surface area contributed by atoms with E-state index in [-0.39, 0.29) is 12.3 Å². The number of hydrogen-bond donors (Lipinski definition) is 1. The van der Waals surface area contributed by atoms with Crippen LogP contribution in [0.25, 0.3) is 0 Å². The third kappa shape index (κ3) is 6.04. The standard InChI is InChI=1S/C9H20N2O4S/c1-4-7-16(14,15)11(8-9(12)13)6-5-10(2)3/h4-8H2,1-3H3,(H,12,13). The van der Waals surface area contributed by atoms with Gasteiger partial charge in [0.25, 0.3) is 0 Å². The van der Waals surface area contributed by atoms with E-state index in [2.05, 4.69) is 0 Å². The second kappa shape index (κ2) is 6.82. The van der Waals surface area contributed by atoms with E-state index < -0.39 is 22.5 Å². The Morgan fingerprint density at radius 2 is 1.81 bits per heavy atom. The second-order valence-electron chi connectivity index (χ2n) is 3.85. The normalized spacial score (nSPS) is 12.3. The Hall–Kier alpha value is -0.660. The molecule has 96 valence electrons. The second-order valence-corrected chi connectivity index (χ2v) is 5.94. The zero-order valence-electron chi connectivity index (χ0n) is 10.0. The lowest BCUT2D eigenvalue weighted by Gasteiger charge is -2.21. The Morgan fingerprint density at radius 3 is 2.19 bits per heavy atom. The molecule has 0 radical (unpaired) electrons. The Kier molecular flexibility index (Phi) is 6.54. The van der Waals surface area contributed by atoms with Crippen molar-refractivity contribution >= 4 is 16.0 Å². The zero-order valence-corrected chi connectivity index (χ0v) is 10.8. The molecule has 0 saturated carbocycles. The van der Waals surface area contributed by atoms with Crippen molar-refractivity contribution in [3.8, 4) is 0 Å². The van der Waals surface area contributed by atoms with Gasteiger partial charge in [-0.25, -0.2) is 8.42 Å². The van der Waals surface area contributed by atoms with Crippen LogP contribution >= 0.6 is 0 Å². The summed E-state index contributed by atoms with van der Waals surface area (Å²) in [5.41, 5.74) is 0. The number of rotatable bonds is 8. The van der Waals surface area contributed by atoms with Crippen LogP contribution in [0.3, 0.4) is 0 Å². The van der Waals surface area contributed by atoms with Crippen LogP contribution in [0.15, 0.2) is 0 Å². The first-order chi connectivity index (χ1) is 7.29. The molecule has 0 fully saturated rings. The van der Waals surface area contributed by atoms with Crippen molar-refractivity contribution in [2.75, 3.05) is 39.5 Å². The summed E-state index contributed by atoms with van der Waals surface area (Å²) in [6.07, 6.45) is 0.487. The van der Waals surface area contributed by atoms with Gasteiger partial charge in [0.15, 0.2) is 0 Å². The number of likely N-dealkylation sites (N-methyl/N-ethyl adjacent to an activating group) is 1. The van der Waals surface area contributed by atoms with Crippen LogP contribution < -0.4 is 0 Å². The van der Waals surface area contributed by atoms with Crippen LogP contribution in [-0.4, -0.2) is 68.2 Å². The molecule has 0 aliphatic heterocycles. The minimum absolute atomic E-state index is 0.00624. The maximum atomic E-state index is 11.7. The predicted octanol–water partition coefficient (Wildman–Crippen LogP) is -0.326. The molecule has 0 aliphatic carbocycles. The molecule has 0 bridgehead atoms. The van der Waals surface area contributed by atoms with E-state index in [0.29, 0.717) is 13.0 Å². The lowest BCUT2D eigenvalue weighted by atomic mass is 10.5. The minimum Gasteiger partial charge on any atom is -0.480 e. The van der Waals surface area contributed by atoms with Crippen molar-refractivity contribution in [3.05, 3.63) is 0 Å². The zero-order chi connectivity index (χ0) is 12.8. The van der Waals surface area contributed by atoms with Gasteiger partial charge in [-0.3, -0.25) is 4.79 Å². The molecule has 0 unspecified atom stereocenters. The molecule has 6 nitrogen and oxygen atoms in total. The predicted molar refractivity (Wildman–Crippen MR) is 61.8 cm³/mol. The number of sulfonamides is 1. The number of carboxylic acids is 1. The SMILES string of the molecule is CCCS(=O)(=O)N(CCN(C)C)CC(=O)O. The van der Waals surface area contributed by atoms with Crippen molar-refractivity contribution < 1.29 is 18.3 Å². The van der Waals surface area contributed by atoms with Gasteiger partial charge in [-0.15, -0.1) is 0 Å². The molecule has 0 amide bonds. The molecule has 0 heterocycles. The van der Waals surface area contributed by atoms with Gasteiger partial charge in [0.1, 0.15) is 6.54 Å². The van der Waals surface area contributed by atoms with Gasteiger partial charge in [-0.2, -0.15) is 4.31 Å². The van der Waals surface area contributed by atoms with Crippen molar-refractivity contribution in [2.45, 2.75) is 13.3 Å². The summed E-state index contributed by atoms with van der Waals surface area (Å²) in [6, 6.07) is 0. The Balaban J connectivity index is 4.59. The summed E-state index contributed by atoms with van der Waals surface area (Å²) in [5, 5.41) is 8.66. The van der Waals surface area contributed by atoms with Gasteiger partial charge in [0.05, 0.1) is 5.75 Å². The number of hydrogen-bond acceptors (Lipinski definition) is 4. The molecule has 0 aromatic heterocycles. The monoisotopic (exact) mass is 252 g/mol. The molecule has 0 aromatic rings. The Morgan fingerprint density at radius 1 is 1.25 bits per heavy atom. The van der Waals surface area contributed by atoms with Crippen LogP contribution in [0.4, 0.5) is 0 Å². The summed E-state index contributed by atoms with van der Waals surface area (Å²) in [7, 11) is 0.184. The van der Waals surface area contributed by atoms with E-state index in [1.165, 1.54) is 0 Å². The maximum absolute atomic E-state index is 11.7. The summed E-state index contributed by atoms with van der Waals surface area (Å²) in [6.45, 7) is 2.01. The third-order valence-corrected chi connectivity index (χ3v) is 3.99. The van der Waals surface area contributed by atoms with Crippen LogP contribution in [0.5, 0.6) is 0 Å². The van der Waals surface area contributed by atoms with Crippen molar-refractivity contribution in [1.29, 1.82) is 0 Å². The van der Waals surface area contributed by atoms with Gasteiger partial charge in [-0.1, -0.05) is 6.92 Å². The van der Waals surface area contributed by atoms with Crippen LogP contribution in [-0.2, 0) is 14.8 Å². The quantitative estimate of drug-likeness (QED) is 0.640. The van der Waals surface area contributed by atoms with Crippen molar-refractivity contribution in [1.82, 2.24) is 9.21 Å². The van der Waals surface area contributed by atoms with Gasteiger partial charge in [0.2, 0.25) is 10.0 Å². The highest BCUT2D eigenvalue weighted by atomic mass is 32.2. The molecule has 7 heteroatoms. The Labute approximate surface area is 96.9 Å². The highest BCUT2D eigenvalue weighted by Crippen LogP contribution is 2.03. The van der Waals surface area contributed by atoms with E-state index in [1.807, 2.05) is 19.0 Å². The number of nitrogens with zero attached hydrogens (tertiary/aromatic N) is 2. The molecule has 0 aliphatic rings.